The molecule has 1 N–H and O–H groups in total. The van der Waals surface area contributed by atoms with Crippen molar-refractivity contribution in [1.82, 2.24) is 15.0 Å². The maximum atomic E-state index is 12.4. The first-order valence-corrected chi connectivity index (χ1v) is 9.22. The van der Waals surface area contributed by atoms with Gasteiger partial charge in [-0.25, -0.2) is 0 Å². The van der Waals surface area contributed by atoms with Crippen molar-refractivity contribution in [3.8, 4) is 11.5 Å². The zero-order valence-corrected chi connectivity index (χ0v) is 15.4. The van der Waals surface area contributed by atoms with E-state index in [0.717, 1.165) is 55.6 Å². The Balaban J connectivity index is 1.23. The highest BCUT2D eigenvalue weighted by molar-refractivity contribution is 5.92. The molecule has 2 aliphatic heterocycles. The van der Waals surface area contributed by atoms with E-state index in [4.69, 9.17) is 14.0 Å². The van der Waals surface area contributed by atoms with Crippen molar-refractivity contribution in [3.63, 3.8) is 0 Å². The SMILES string of the molecule is Cc1cc(CN2CCN(CC(=O)Nc3ccc4c(c3)OCCO4)CC2)no1. The molecule has 0 spiro atoms. The third-order valence-electron chi connectivity index (χ3n) is 4.72. The van der Waals surface area contributed by atoms with Crippen molar-refractivity contribution in [3.05, 3.63) is 35.7 Å². The Morgan fingerprint density at radius 2 is 1.81 bits per heavy atom. The number of carbonyl (C=O) groups excluding carboxylic acids is 1. The van der Waals surface area contributed by atoms with E-state index in [9.17, 15) is 4.79 Å². The van der Waals surface area contributed by atoms with Gasteiger partial charge in [-0.1, -0.05) is 5.16 Å². The van der Waals surface area contributed by atoms with Crippen LogP contribution in [0.2, 0.25) is 0 Å². The first kappa shape index (κ1) is 17.8. The molecule has 0 aliphatic carbocycles. The van der Waals surface area contributed by atoms with Gasteiger partial charge >= 0.3 is 0 Å². The summed E-state index contributed by atoms with van der Waals surface area (Å²) >= 11 is 0. The minimum atomic E-state index is -0.0211. The van der Waals surface area contributed by atoms with Crippen molar-refractivity contribution in [2.45, 2.75) is 13.5 Å². The molecule has 0 unspecified atom stereocenters. The Morgan fingerprint density at radius 3 is 2.56 bits per heavy atom. The summed E-state index contributed by atoms with van der Waals surface area (Å²) in [6.45, 7) is 7.67. The topological polar surface area (TPSA) is 80.1 Å². The molecule has 2 aliphatic rings. The van der Waals surface area contributed by atoms with Gasteiger partial charge in [-0.15, -0.1) is 0 Å². The normalized spacial score (nSPS) is 17.7. The number of anilines is 1. The molecule has 3 heterocycles. The number of amides is 1. The fraction of sp³-hybridized carbons (Fsp3) is 0.474. The molecular weight excluding hydrogens is 348 g/mol. The van der Waals surface area contributed by atoms with Gasteiger partial charge in [0.05, 0.1) is 12.2 Å². The summed E-state index contributed by atoms with van der Waals surface area (Å²) < 4.78 is 16.2. The van der Waals surface area contributed by atoms with Crippen LogP contribution in [0.25, 0.3) is 0 Å². The Labute approximate surface area is 158 Å². The molecule has 1 aromatic carbocycles. The smallest absolute Gasteiger partial charge is 0.238 e. The zero-order chi connectivity index (χ0) is 18.6. The molecule has 1 fully saturated rings. The van der Waals surface area contributed by atoms with Gasteiger partial charge in [-0.05, 0) is 19.1 Å². The number of hydrogen-bond donors (Lipinski definition) is 1. The molecule has 0 saturated carbocycles. The number of fused-ring (bicyclic) bond motifs is 1. The predicted molar refractivity (Wildman–Crippen MR) is 99.0 cm³/mol. The second-order valence-corrected chi connectivity index (χ2v) is 6.89. The van der Waals surface area contributed by atoms with Crippen LogP contribution < -0.4 is 14.8 Å². The van der Waals surface area contributed by atoms with Crippen molar-refractivity contribution in [2.75, 3.05) is 51.3 Å². The molecule has 144 valence electrons. The van der Waals surface area contributed by atoms with Crippen LogP contribution >= 0.6 is 0 Å². The van der Waals surface area contributed by atoms with E-state index in [-0.39, 0.29) is 5.91 Å². The van der Waals surface area contributed by atoms with E-state index in [2.05, 4.69) is 20.3 Å². The Bertz CT molecular complexity index is 799. The molecule has 4 rings (SSSR count). The van der Waals surface area contributed by atoms with Gasteiger partial charge in [0.2, 0.25) is 5.91 Å². The number of nitrogens with one attached hydrogen (secondary N) is 1. The average molecular weight is 372 g/mol. The lowest BCUT2D eigenvalue weighted by molar-refractivity contribution is -0.117. The fourth-order valence-corrected chi connectivity index (χ4v) is 3.35. The lowest BCUT2D eigenvalue weighted by Crippen LogP contribution is -2.48. The molecule has 8 nitrogen and oxygen atoms in total. The second kappa shape index (κ2) is 7.98. The van der Waals surface area contributed by atoms with Crippen LogP contribution in [-0.4, -0.2) is 66.8 Å². The van der Waals surface area contributed by atoms with Crippen molar-refractivity contribution < 1.29 is 18.8 Å². The van der Waals surface area contributed by atoms with Gasteiger partial charge in [0.25, 0.3) is 0 Å². The van der Waals surface area contributed by atoms with Crippen LogP contribution in [0.1, 0.15) is 11.5 Å². The maximum absolute atomic E-state index is 12.4. The van der Waals surface area contributed by atoms with Crippen molar-refractivity contribution in [2.24, 2.45) is 0 Å². The molecule has 1 aromatic heterocycles. The molecule has 2 aromatic rings. The van der Waals surface area contributed by atoms with Gasteiger partial charge < -0.3 is 19.3 Å². The molecule has 1 saturated heterocycles. The molecule has 0 bridgehead atoms. The minimum absolute atomic E-state index is 0.0211. The molecule has 0 radical (unpaired) electrons. The Hall–Kier alpha value is -2.58. The van der Waals surface area contributed by atoms with Crippen LogP contribution in [0, 0.1) is 6.92 Å². The van der Waals surface area contributed by atoms with Crippen LogP contribution in [0.5, 0.6) is 11.5 Å². The van der Waals surface area contributed by atoms with Crippen molar-refractivity contribution >= 4 is 11.6 Å². The third-order valence-corrected chi connectivity index (χ3v) is 4.72. The average Bonchev–Trinajstić information content (AvgIpc) is 3.08. The van der Waals surface area contributed by atoms with E-state index in [0.29, 0.717) is 25.5 Å². The minimum Gasteiger partial charge on any atom is -0.486 e. The van der Waals surface area contributed by atoms with E-state index < -0.39 is 0 Å². The largest absolute Gasteiger partial charge is 0.486 e. The van der Waals surface area contributed by atoms with E-state index in [1.54, 1.807) is 0 Å². The number of aromatic nitrogens is 1. The summed E-state index contributed by atoms with van der Waals surface area (Å²) in [7, 11) is 0. The van der Waals surface area contributed by atoms with Gasteiger partial charge in [-0.2, -0.15) is 0 Å². The highest BCUT2D eigenvalue weighted by Crippen LogP contribution is 2.32. The van der Waals surface area contributed by atoms with E-state index in [1.165, 1.54) is 0 Å². The summed E-state index contributed by atoms with van der Waals surface area (Å²) in [6, 6.07) is 7.44. The van der Waals surface area contributed by atoms with E-state index >= 15 is 0 Å². The van der Waals surface area contributed by atoms with E-state index in [1.807, 2.05) is 31.2 Å². The Kier molecular flexibility index (Phi) is 5.26. The summed E-state index contributed by atoms with van der Waals surface area (Å²) in [4.78, 5) is 16.9. The molecule has 8 heteroatoms. The first-order chi connectivity index (χ1) is 13.2. The number of piperazine rings is 1. The summed E-state index contributed by atoms with van der Waals surface area (Å²) in [5, 5.41) is 6.98. The van der Waals surface area contributed by atoms with Crippen LogP contribution in [0.3, 0.4) is 0 Å². The number of hydrogen-bond acceptors (Lipinski definition) is 7. The van der Waals surface area contributed by atoms with Crippen LogP contribution in [0.4, 0.5) is 5.69 Å². The van der Waals surface area contributed by atoms with Gasteiger partial charge in [0.1, 0.15) is 19.0 Å². The number of carbonyl (C=O) groups is 1. The first-order valence-electron chi connectivity index (χ1n) is 9.22. The summed E-state index contributed by atoms with van der Waals surface area (Å²) in [5.74, 6) is 2.21. The van der Waals surface area contributed by atoms with Crippen LogP contribution in [0.15, 0.2) is 28.8 Å². The second-order valence-electron chi connectivity index (χ2n) is 6.89. The number of rotatable bonds is 5. The number of benzene rings is 1. The fourth-order valence-electron chi connectivity index (χ4n) is 3.35. The maximum Gasteiger partial charge on any atom is 0.238 e. The molecular formula is C19H24N4O4. The lowest BCUT2D eigenvalue weighted by atomic mass is 10.2. The highest BCUT2D eigenvalue weighted by atomic mass is 16.6. The highest BCUT2D eigenvalue weighted by Gasteiger charge is 2.20. The number of nitrogens with zero attached hydrogens (tertiary/aromatic N) is 3. The van der Waals surface area contributed by atoms with Gasteiger partial charge in [0.15, 0.2) is 11.5 Å². The quantitative estimate of drug-likeness (QED) is 0.852. The lowest BCUT2D eigenvalue weighted by Gasteiger charge is -2.33. The summed E-state index contributed by atoms with van der Waals surface area (Å²) in [5.41, 5.74) is 1.68. The molecule has 27 heavy (non-hydrogen) atoms. The predicted octanol–water partition coefficient (Wildman–Crippen LogP) is 1.51. The third kappa shape index (κ3) is 4.58. The van der Waals surface area contributed by atoms with Crippen molar-refractivity contribution in [1.29, 1.82) is 0 Å². The molecule has 1 amide bonds. The van der Waals surface area contributed by atoms with Gasteiger partial charge in [-0.3, -0.25) is 14.6 Å². The van der Waals surface area contributed by atoms with Crippen LogP contribution in [-0.2, 0) is 11.3 Å². The number of ether oxygens (including phenoxy) is 2. The monoisotopic (exact) mass is 372 g/mol. The summed E-state index contributed by atoms with van der Waals surface area (Å²) in [6.07, 6.45) is 0. The standard InChI is InChI=1S/C19H24N4O4/c1-14-10-16(21-27-14)12-22-4-6-23(7-5-22)13-19(24)20-15-2-3-17-18(11-15)26-9-8-25-17/h2-3,10-11H,4-9,12-13H2,1H3,(H,20,24). The van der Waals surface area contributed by atoms with Gasteiger partial charge in [0, 0.05) is 50.5 Å². The molecule has 0 atom stereocenters. The Morgan fingerprint density at radius 1 is 1.07 bits per heavy atom. The number of aryl methyl sites for hydroxylation is 1. The zero-order valence-electron chi connectivity index (χ0n) is 15.4.